The minimum Gasteiger partial charge on any atom is -0.297 e. The third kappa shape index (κ3) is 0.677. The largest absolute Gasteiger partial charge is 0.297 e. The summed E-state index contributed by atoms with van der Waals surface area (Å²) in [6.45, 7) is 4.21. The second kappa shape index (κ2) is 1.25. The summed E-state index contributed by atoms with van der Waals surface area (Å²) >= 11 is 0. The molecule has 6 heavy (non-hydrogen) atoms. The smallest absolute Gasteiger partial charge is 0.0595 e. The molecule has 0 unspecified atom stereocenters. The summed E-state index contributed by atoms with van der Waals surface area (Å²) in [4.78, 5) is 3.68. The molecule has 0 radical (unpaired) electrons. The van der Waals surface area contributed by atoms with Crippen molar-refractivity contribution in [1.29, 1.82) is 0 Å². The number of allylic oxidation sites excluding steroid dienone is 1. The summed E-state index contributed by atoms with van der Waals surface area (Å²) in [5, 5.41) is 0. The molecule has 0 bridgehead atoms. The van der Waals surface area contributed by atoms with Crippen LogP contribution in [0.15, 0.2) is 16.6 Å². The molecule has 0 aromatic rings. The highest BCUT2D eigenvalue weighted by Gasteiger charge is 2.02. The van der Waals surface area contributed by atoms with Crippen molar-refractivity contribution in [3.8, 4) is 0 Å². The minimum atomic E-state index is 0.861. The van der Waals surface area contributed by atoms with E-state index in [0.717, 1.165) is 6.54 Å². The van der Waals surface area contributed by atoms with Gasteiger partial charge in [0.05, 0.1) is 6.54 Å². The molecule has 1 nitrogen and oxygen atoms in total. The topological polar surface area (TPSA) is 12.4 Å². The first-order chi connectivity index (χ1) is 2.93. The Kier molecular flexibility index (Phi) is 0.748. The second-order valence-electron chi connectivity index (χ2n) is 1.45. The fourth-order valence-corrected chi connectivity index (χ4v) is 0.345. The molecular formula is C5H7N. The first-order valence-corrected chi connectivity index (χ1v) is 2.04. The van der Waals surface area contributed by atoms with Gasteiger partial charge < -0.3 is 0 Å². The van der Waals surface area contributed by atoms with E-state index < -0.39 is 0 Å². The molecule has 32 valence electrons. The highest BCUT2D eigenvalue weighted by atomic mass is 14.7. The fraction of sp³-hybridized carbons (Fsp3) is 0.400. The predicted molar refractivity (Wildman–Crippen MR) is 27.1 cm³/mol. The number of hydrogen-bond acceptors (Lipinski definition) is 1. The molecule has 0 fully saturated rings. The summed E-state index contributed by atoms with van der Waals surface area (Å²) in [6.07, 6.45) is 3.34. The summed E-state index contributed by atoms with van der Waals surface area (Å²) in [5.41, 5.74) is 1.44. The van der Waals surface area contributed by atoms with Gasteiger partial charge in [0.1, 0.15) is 0 Å². The lowest BCUT2D eigenvalue weighted by Gasteiger charge is -1.73. The Morgan fingerprint density at radius 1 is 2.00 bits per heavy atom. The minimum absolute atomic E-state index is 0.861. The summed E-state index contributed by atoms with van der Waals surface area (Å²) in [5.74, 6) is 0. The van der Waals surface area contributed by atoms with Crippen LogP contribution in [-0.4, -0.2) is 13.3 Å². The van der Waals surface area contributed by atoms with Crippen LogP contribution < -0.4 is 0 Å². The Balaban J connectivity index is 2.16. The third-order valence-corrected chi connectivity index (χ3v) is 0.808. The van der Waals surface area contributed by atoms with Crippen molar-refractivity contribution < 1.29 is 0 Å². The van der Waals surface area contributed by atoms with E-state index in [0.29, 0.717) is 0 Å². The molecule has 0 aromatic heterocycles. The van der Waals surface area contributed by atoms with Crippen LogP contribution in [0.5, 0.6) is 0 Å². The zero-order chi connectivity index (χ0) is 4.41. The van der Waals surface area contributed by atoms with E-state index in [1.807, 2.05) is 0 Å². The van der Waals surface area contributed by atoms with Crippen molar-refractivity contribution in [3.63, 3.8) is 0 Å². The zero-order valence-electron chi connectivity index (χ0n) is 3.65. The monoisotopic (exact) mass is 81.1 g/mol. The van der Waals surface area contributed by atoms with Crippen molar-refractivity contribution in [1.82, 2.24) is 0 Å². The van der Waals surface area contributed by atoms with Crippen LogP contribution in [0.2, 0.25) is 0 Å². The van der Waals surface area contributed by atoms with E-state index in [1.54, 1.807) is 0 Å². The van der Waals surface area contributed by atoms with Crippen molar-refractivity contribution in [2.45, 2.75) is 6.42 Å². The predicted octanol–water partition coefficient (Wildman–Crippen LogP) is 1.02. The maximum Gasteiger partial charge on any atom is 0.0595 e. The van der Waals surface area contributed by atoms with Crippen LogP contribution in [-0.2, 0) is 0 Å². The van der Waals surface area contributed by atoms with Crippen LogP contribution in [0.4, 0.5) is 0 Å². The number of aliphatic imine (C=N–C) groups is 1. The van der Waals surface area contributed by atoms with Crippen molar-refractivity contribution in [2.75, 3.05) is 6.54 Å². The van der Waals surface area contributed by atoms with Crippen LogP contribution in [0.3, 0.4) is 0 Å². The third-order valence-electron chi connectivity index (χ3n) is 0.808. The van der Waals surface area contributed by atoms with Crippen LogP contribution >= 0.6 is 0 Å². The summed E-state index contributed by atoms with van der Waals surface area (Å²) < 4.78 is 0. The summed E-state index contributed by atoms with van der Waals surface area (Å²) in [6, 6.07) is 0. The molecule has 1 heteroatoms. The molecule has 1 aliphatic carbocycles. The summed E-state index contributed by atoms with van der Waals surface area (Å²) in [7, 11) is 0. The van der Waals surface area contributed by atoms with Crippen LogP contribution in [0.1, 0.15) is 6.42 Å². The maximum absolute atomic E-state index is 3.68. The molecule has 0 saturated heterocycles. The number of hydrogen-bond donors (Lipinski definition) is 0. The Hall–Kier alpha value is -0.590. The normalized spacial score (nSPS) is 16.3. The quantitative estimate of drug-likeness (QED) is 0.347. The van der Waals surface area contributed by atoms with Crippen LogP contribution in [0, 0.1) is 0 Å². The van der Waals surface area contributed by atoms with E-state index in [2.05, 4.69) is 17.8 Å². The average Bonchev–Trinajstić information content (AvgIpc) is 2.21. The molecule has 1 rings (SSSR count). The molecule has 0 spiro atoms. The SMILES string of the molecule is C=NCC1=CC1. The van der Waals surface area contributed by atoms with Gasteiger partial charge in [-0.25, -0.2) is 0 Å². The van der Waals surface area contributed by atoms with E-state index in [1.165, 1.54) is 12.0 Å². The van der Waals surface area contributed by atoms with Crippen molar-refractivity contribution >= 4 is 6.72 Å². The van der Waals surface area contributed by atoms with Crippen LogP contribution in [0.25, 0.3) is 0 Å². The maximum atomic E-state index is 3.68. The number of rotatable bonds is 2. The van der Waals surface area contributed by atoms with Gasteiger partial charge in [0.25, 0.3) is 0 Å². The molecule has 1 aliphatic rings. The van der Waals surface area contributed by atoms with Gasteiger partial charge in [0.2, 0.25) is 0 Å². The Labute approximate surface area is 37.4 Å². The molecule has 0 aliphatic heterocycles. The fourth-order valence-electron chi connectivity index (χ4n) is 0.345. The van der Waals surface area contributed by atoms with E-state index in [4.69, 9.17) is 0 Å². The first kappa shape index (κ1) is 3.59. The lowest BCUT2D eigenvalue weighted by Crippen LogP contribution is -1.67. The van der Waals surface area contributed by atoms with Gasteiger partial charge >= 0.3 is 0 Å². The van der Waals surface area contributed by atoms with Gasteiger partial charge in [-0.3, -0.25) is 4.99 Å². The Morgan fingerprint density at radius 2 is 2.67 bits per heavy atom. The first-order valence-electron chi connectivity index (χ1n) is 2.04. The molecule has 0 heterocycles. The molecule has 0 aromatic carbocycles. The van der Waals surface area contributed by atoms with Gasteiger partial charge in [-0.1, -0.05) is 6.08 Å². The molecule has 0 N–H and O–H groups in total. The Bertz CT molecular complexity index is 92.1. The van der Waals surface area contributed by atoms with Gasteiger partial charge in [-0.05, 0) is 18.7 Å². The lowest BCUT2D eigenvalue weighted by molar-refractivity contribution is 1.20. The number of nitrogens with zero attached hydrogens (tertiary/aromatic N) is 1. The van der Waals surface area contributed by atoms with Gasteiger partial charge in [-0.15, -0.1) is 0 Å². The molecule has 0 amide bonds. The van der Waals surface area contributed by atoms with Gasteiger partial charge in [0.15, 0.2) is 0 Å². The molecular weight excluding hydrogens is 74.1 g/mol. The standard InChI is InChI=1S/C5H7N/c1-6-4-5-2-3-5/h2H,1,3-4H2. The van der Waals surface area contributed by atoms with E-state index in [-0.39, 0.29) is 0 Å². The highest BCUT2D eigenvalue weighted by molar-refractivity contribution is 5.29. The van der Waals surface area contributed by atoms with Crippen molar-refractivity contribution in [2.24, 2.45) is 4.99 Å². The van der Waals surface area contributed by atoms with E-state index >= 15 is 0 Å². The lowest BCUT2D eigenvalue weighted by atomic mass is 10.5. The van der Waals surface area contributed by atoms with Gasteiger partial charge in [-0.2, -0.15) is 0 Å². The van der Waals surface area contributed by atoms with E-state index in [9.17, 15) is 0 Å². The Morgan fingerprint density at radius 3 is 2.83 bits per heavy atom. The highest BCUT2D eigenvalue weighted by Crippen LogP contribution is 2.16. The molecule has 0 atom stereocenters. The molecule has 0 saturated carbocycles. The van der Waals surface area contributed by atoms with Gasteiger partial charge in [0, 0.05) is 0 Å². The zero-order valence-corrected chi connectivity index (χ0v) is 3.65. The second-order valence-corrected chi connectivity index (χ2v) is 1.45. The van der Waals surface area contributed by atoms with Crippen molar-refractivity contribution in [3.05, 3.63) is 11.6 Å². The average molecular weight is 81.1 g/mol.